The molecule has 0 aliphatic carbocycles. The summed E-state index contributed by atoms with van der Waals surface area (Å²) in [4.78, 5) is 2.09. The Morgan fingerprint density at radius 3 is 2.71 bits per heavy atom. The van der Waals surface area contributed by atoms with E-state index in [0.717, 1.165) is 11.4 Å². The largest absolute Gasteiger partial charge is 0.378 e. The Balaban J connectivity index is 2.11. The van der Waals surface area contributed by atoms with E-state index in [0.29, 0.717) is 6.54 Å². The van der Waals surface area contributed by atoms with Crippen LogP contribution in [-0.2, 0) is 13.6 Å². The Kier molecular flexibility index (Phi) is 3.27. The third kappa shape index (κ3) is 2.55. The Morgan fingerprint density at radius 2 is 2.06 bits per heavy atom. The summed E-state index contributed by atoms with van der Waals surface area (Å²) >= 11 is 0. The van der Waals surface area contributed by atoms with E-state index in [1.807, 2.05) is 33.3 Å². The van der Waals surface area contributed by atoms with Gasteiger partial charge in [-0.25, -0.2) is 0 Å². The van der Waals surface area contributed by atoms with Crippen molar-refractivity contribution in [1.82, 2.24) is 15.0 Å². The van der Waals surface area contributed by atoms with Crippen molar-refractivity contribution in [2.24, 2.45) is 7.05 Å². The van der Waals surface area contributed by atoms with Gasteiger partial charge in [-0.05, 0) is 12.1 Å². The smallest absolute Gasteiger partial charge is 0.0774 e. The van der Waals surface area contributed by atoms with Crippen LogP contribution >= 0.6 is 0 Å². The molecule has 90 valence electrons. The van der Waals surface area contributed by atoms with Gasteiger partial charge >= 0.3 is 0 Å². The second kappa shape index (κ2) is 4.86. The summed E-state index contributed by atoms with van der Waals surface area (Å²) in [6, 6.07) is 8.21. The summed E-state index contributed by atoms with van der Waals surface area (Å²) in [6.45, 7) is 0.717. The van der Waals surface area contributed by atoms with Crippen LogP contribution in [0.4, 0.5) is 11.4 Å². The molecule has 0 saturated heterocycles. The Labute approximate surface area is 101 Å². The van der Waals surface area contributed by atoms with E-state index in [2.05, 4.69) is 32.7 Å². The van der Waals surface area contributed by atoms with E-state index in [1.165, 1.54) is 5.69 Å². The maximum atomic E-state index is 3.90. The number of nitrogens with one attached hydrogen (secondary N) is 1. The van der Waals surface area contributed by atoms with Crippen LogP contribution in [0.25, 0.3) is 0 Å². The predicted octanol–water partition coefficient (Wildman–Crippen LogP) is 1.49. The number of aryl methyl sites for hydroxylation is 1. The first-order valence-electron chi connectivity index (χ1n) is 5.52. The van der Waals surface area contributed by atoms with E-state index in [-0.39, 0.29) is 0 Å². The van der Waals surface area contributed by atoms with Crippen molar-refractivity contribution < 1.29 is 0 Å². The first-order chi connectivity index (χ1) is 8.18. The lowest BCUT2D eigenvalue weighted by Crippen LogP contribution is -2.12. The SMILES string of the molecule is CN(C)c1ccccc1NCc1cnnn1C. The fourth-order valence-electron chi connectivity index (χ4n) is 1.67. The molecule has 17 heavy (non-hydrogen) atoms. The molecule has 0 fully saturated rings. The molecule has 0 saturated carbocycles. The van der Waals surface area contributed by atoms with Crippen molar-refractivity contribution in [2.75, 3.05) is 24.3 Å². The predicted molar refractivity (Wildman–Crippen MR) is 69.1 cm³/mol. The van der Waals surface area contributed by atoms with Gasteiger partial charge in [0.1, 0.15) is 0 Å². The highest BCUT2D eigenvalue weighted by atomic mass is 15.4. The zero-order chi connectivity index (χ0) is 12.3. The summed E-state index contributed by atoms with van der Waals surface area (Å²) in [5, 5.41) is 11.2. The van der Waals surface area contributed by atoms with Crippen LogP contribution < -0.4 is 10.2 Å². The second-order valence-electron chi connectivity index (χ2n) is 4.11. The van der Waals surface area contributed by atoms with Crippen LogP contribution in [0.1, 0.15) is 5.69 Å². The van der Waals surface area contributed by atoms with Gasteiger partial charge in [-0.1, -0.05) is 17.3 Å². The van der Waals surface area contributed by atoms with Crippen molar-refractivity contribution in [3.8, 4) is 0 Å². The molecule has 0 radical (unpaired) electrons. The van der Waals surface area contributed by atoms with Crippen molar-refractivity contribution >= 4 is 11.4 Å². The number of anilines is 2. The standard InChI is InChI=1S/C12H17N5/c1-16(2)12-7-5-4-6-11(12)13-8-10-9-14-15-17(10)3/h4-7,9,13H,8H2,1-3H3. The molecule has 0 unspecified atom stereocenters. The van der Waals surface area contributed by atoms with Gasteiger partial charge in [-0.15, -0.1) is 5.10 Å². The second-order valence-corrected chi connectivity index (χ2v) is 4.11. The van der Waals surface area contributed by atoms with Gasteiger partial charge in [-0.2, -0.15) is 0 Å². The monoisotopic (exact) mass is 231 g/mol. The van der Waals surface area contributed by atoms with Crippen LogP contribution in [0.5, 0.6) is 0 Å². The number of para-hydroxylation sites is 2. The Morgan fingerprint density at radius 1 is 1.29 bits per heavy atom. The van der Waals surface area contributed by atoms with Crippen LogP contribution in [0.3, 0.4) is 0 Å². The first kappa shape index (κ1) is 11.4. The molecular formula is C12H17N5. The number of rotatable bonds is 4. The van der Waals surface area contributed by atoms with Crippen LogP contribution in [0, 0.1) is 0 Å². The topological polar surface area (TPSA) is 46.0 Å². The molecule has 1 aromatic heterocycles. The number of nitrogens with zero attached hydrogens (tertiary/aromatic N) is 4. The van der Waals surface area contributed by atoms with E-state index >= 15 is 0 Å². The Hall–Kier alpha value is -2.04. The van der Waals surface area contributed by atoms with Gasteiger partial charge in [0, 0.05) is 21.1 Å². The fourth-order valence-corrected chi connectivity index (χ4v) is 1.67. The lowest BCUT2D eigenvalue weighted by Gasteiger charge is -2.18. The number of hydrogen-bond donors (Lipinski definition) is 1. The molecule has 1 N–H and O–H groups in total. The fraction of sp³-hybridized carbons (Fsp3) is 0.333. The lowest BCUT2D eigenvalue weighted by molar-refractivity contribution is 0.683. The molecule has 0 amide bonds. The minimum absolute atomic E-state index is 0.717. The minimum Gasteiger partial charge on any atom is -0.378 e. The molecule has 0 aliphatic heterocycles. The third-order valence-electron chi connectivity index (χ3n) is 2.65. The summed E-state index contributed by atoms with van der Waals surface area (Å²) in [7, 11) is 5.96. The highest BCUT2D eigenvalue weighted by molar-refractivity contribution is 5.69. The van der Waals surface area contributed by atoms with Gasteiger partial charge < -0.3 is 10.2 Å². The average molecular weight is 231 g/mol. The zero-order valence-corrected chi connectivity index (χ0v) is 10.4. The molecule has 5 heteroatoms. The van der Waals surface area contributed by atoms with Gasteiger partial charge in [0.15, 0.2) is 0 Å². The molecule has 1 heterocycles. The van der Waals surface area contributed by atoms with Crippen LogP contribution in [0.15, 0.2) is 30.5 Å². The van der Waals surface area contributed by atoms with E-state index in [9.17, 15) is 0 Å². The van der Waals surface area contributed by atoms with E-state index < -0.39 is 0 Å². The quantitative estimate of drug-likeness (QED) is 0.866. The Bertz CT molecular complexity index is 489. The molecule has 0 spiro atoms. The first-order valence-corrected chi connectivity index (χ1v) is 5.52. The van der Waals surface area contributed by atoms with Crippen molar-refractivity contribution in [1.29, 1.82) is 0 Å². The van der Waals surface area contributed by atoms with Crippen molar-refractivity contribution in [2.45, 2.75) is 6.54 Å². The summed E-state index contributed by atoms with van der Waals surface area (Å²) in [5.41, 5.74) is 3.33. The highest BCUT2D eigenvalue weighted by Crippen LogP contribution is 2.23. The van der Waals surface area contributed by atoms with Crippen LogP contribution in [-0.4, -0.2) is 29.1 Å². The average Bonchev–Trinajstić information content (AvgIpc) is 2.72. The summed E-state index contributed by atoms with van der Waals surface area (Å²) in [5.74, 6) is 0. The normalized spacial score (nSPS) is 10.3. The molecule has 2 aromatic rings. The molecule has 0 atom stereocenters. The van der Waals surface area contributed by atoms with Crippen molar-refractivity contribution in [3.05, 3.63) is 36.2 Å². The maximum Gasteiger partial charge on any atom is 0.0774 e. The number of benzene rings is 1. The molecular weight excluding hydrogens is 214 g/mol. The van der Waals surface area contributed by atoms with E-state index in [1.54, 1.807) is 10.9 Å². The summed E-state index contributed by atoms with van der Waals surface area (Å²) in [6.07, 6.45) is 1.77. The molecule has 0 aliphatic rings. The summed E-state index contributed by atoms with van der Waals surface area (Å²) < 4.78 is 1.77. The molecule has 0 bridgehead atoms. The third-order valence-corrected chi connectivity index (χ3v) is 2.65. The van der Waals surface area contributed by atoms with Gasteiger partial charge in [0.2, 0.25) is 0 Å². The molecule has 5 nitrogen and oxygen atoms in total. The highest BCUT2D eigenvalue weighted by Gasteiger charge is 2.04. The lowest BCUT2D eigenvalue weighted by atomic mass is 10.2. The number of aromatic nitrogens is 3. The minimum atomic E-state index is 0.717. The molecule has 1 aromatic carbocycles. The van der Waals surface area contributed by atoms with Gasteiger partial charge in [0.05, 0.1) is 29.8 Å². The van der Waals surface area contributed by atoms with Crippen LogP contribution in [0.2, 0.25) is 0 Å². The van der Waals surface area contributed by atoms with Gasteiger partial charge in [0.25, 0.3) is 0 Å². The number of hydrogen-bond acceptors (Lipinski definition) is 4. The van der Waals surface area contributed by atoms with Crippen molar-refractivity contribution in [3.63, 3.8) is 0 Å². The maximum absolute atomic E-state index is 3.90. The van der Waals surface area contributed by atoms with Gasteiger partial charge in [-0.3, -0.25) is 4.68 Å². The van der Waals surface area contributed by atoms with E-state index in [4.69, 9.17) is 0 Å². The zero-order valence-electron chi connectivity index (χ0n) is 10.4. The molecule has 2 rings (SSSR count).